The maximum Gasteiger partial charge on any atom is 0.321 e. The van der Waals surface area contributed by atoms with E-state index in [1.807, 2.05) is 0 Å². The Balaban J connectivity index is 1.70. The summed E-state index contributed by atoms with van der Waals surface area (Å²) in [6.07, 6.45) is -0.453. The molecule has 0 spiro atoms. The standard InChI is InChI=1S/C15H19ClN4O3/c16-12-2-1-10(20-4-3-18-15(20)23)5-11(12)14(22)19-7-9-6-17-8-13(9)21/h1-2,5,9,13,17,21H,3-4,6-8H2,(H,18,23)(H,19,22). The Morgan fingerprint density at radius 3 is 2.91 bits per heavy atom. The number of anilines is 1. The van der Waals surface area contributed by atoms with Gasteiger partial charge in [0.25, 0.3) is 5.91 Å². The number of hydrogen-bond donors (Lipinski definition) is 4. The number of nitrogens with zero attached hydrogens (tertiary/aromatic N) is 1. The second kappa shape index (κ2) is 6.74. The highest BCUT2D eigenvalue weighted by atomic mass is 35.5. The van der Waals surface area contributed by atoms with Crippen molar-refractivity contribution in [2.45, 2.75) is 6.10 Å². The zero-order chi connectivity index (χ0) is 16.4. The van der Waals surface area contributed by atoms with E-state index in [-0.39, 0.29) is 17.9 Å². The first-order chi connectivity index (χ1) is 11.1. The van der Waals surface area contributed by atoms with Crippen molar-refractivity contribution in [1.29, 1.82) is 0 Å². The van der Waals surface area contributed by atoms with E-state index in [4.69, 9.17) is 11.6 Å². The zero-order valence-electron chi connectivity index (χ0n) is 12.5. The fraction of sp³-hybridized carbons (Fsp3) is 0.467. The van der Waals surface area contributed by atoms with Crippen LogP contribution in [0, 0.1) is 5.92 Å². The number of β-amino-alcohol motifs (C(OH)–C–C–N with tert-alkyl or cyclic N) is 1. The Morgan fingerprint density at radius 2 is 2.26 bits per heavy atom. The first kappa shape index (κ1) is 16.0. The van der Waals surface area contributed by atoms with Crippen LogP contribution in [0.2, 0.25) is 5.02 Å². The molecule has 2 fully saturated rings. The Kier molecular flexibility index (Phi) is 4.70. The lowest BCUT2D eigenvalue weighted by Crippen LogP contribution is -2.34. The van der Waals surface area contributed by atoms with Gasteiger partial charge in [0, 0.05) is 44.3 Å². The molecule has 3 amide bonds. The average molecular weight is 339 g/mol. The molecule has 0 aliphatic carbocycles. The molecule has 2 unspecified atom stereocenters. The number of aliphatic hydroxyl groups excluding tert-OH is 1. The van der Waals surface area contributed by atoms with E-state index in [2.05, 4.69) is 16.0 Å². The molecule has 124 valence electrons. The van der Waals surface area contributed by atoms with Gasteiger partial charge in [-0.25, -0.2) is 4.79 Å². The molecule has 2 aliphatic rings. The molecule has 0 bridgehead atoms. The summed E-state index contributed by atoms with van der Waals surface area (Å²) in [5.74, 6) is -0.319. The first-order valence-corrected chi connectivity index (χ1v) is 7.96. The summed E-state index contributed by atoms with van der Waals surface area (Å²) in [5, 5.41) is 18.7. The highest BCUT2D eigenvalue weighted by Crippen LogP contribution is 2.24. The van der Waals surface area contributed by atoms with E-state index in [9.17, 15) is 14.7 Å². The molecule has 2 aliphatic heterocycles. The van der Waals surface area contributed by atoms with Crippen LogP contribution in [-0.4, -0.2) is 55.9 Å². The molecule has 2 saturated heterocycles. The topological polar surface area (TPSA) is 93.7 Å². The van der Waals surface area contributed by atoms with Gasteiger partial charge < -0.3 is 21.1 Å². The lowest BCUT2D eigenvalue weighted by Gasteiger charge is -2.17. The van der Waals surface area contributed by atoms with Gasteiger partial charge in [-0.15, -0.1) is 0 Å². The van der Waals surface area contributed by atoms with Crippen molar-refractivity contribution in [2.75, 3.05) is 37.6 Å². The molecule has 0 saturated carbocycles. The summed E-state index contributed by atoms with van der Waals surface area (Å²) in [6.45, 7) is 2.72. The summed E-state index contributed by atoms with van der Waals surface area (Å²) >= 11 is 6.12. The third kappa shape index (κ3) is 3.41. The fourth-order valence-electron chi connectivity index (χ4n) is 2.82. The van der Waals surface area contributed by atoms with Crippen molar-refractivity contribution in [3.63, 3.8) is 0 Å². The maximum atomic E-state index is 12.4. The lowest BCUT2D eigenvalue weighted by molar-refractivity contribution is 0.0927. The summed E-state index contributed by atoms with van der Waals surface area (Å²) in [5.41, 5.74) is 0.960. The van der Waals surface area contributed by atoms with E-state index in [1.54, 1.807) is 23.1 Å². The average Bonchev–Trinajstić information content (AvgIpc) is 3.14. The number of aliphatic hydroxyl groups is 1. The molecule has 3 rings (SSSR count). The van der Waals surface area contributed by atoms with Crippen LogP contribution in [0.5, 0.6) is 0 Å². The van der Waals surface area contributed by atoms with E-state index in [0.29, 0.717) is 49.0 Å². The number of carbonyl (C=O) groups is 2. The molecule has 7 nitrogen and oxygen atoms in total. The predicted molar refractivity (Wildman–Crippen MR) is 86.9 cm³/mol. The van der Waals surface area contributed by atoms with Gasteiger partial charge >= 0.3 is 6.03 Å². The van der Waals surface area contributed by atoms with E-state index in [0.717, 1.165) is 0 Å². The molecule has 0 radical (unpaired) electrons. The quantitative estimate of drug-likeness (QED) is 0.630. The zero-order valence-corrected chi connectivity index (χ0v) is 13.3. The van der Waals surface area contributed by atoms with Crippen LogP contribution in [0.4, 0.5) is 10.5 Å². The summed E-state index contributed by atoms with van der Waals surface area (Å²) in [7, 11) is 0. The van der Waals surface area contributed by atoms with Crippen LogP contribution in [-0.2, 0) is 0 Å². The maximum absolute atomic E-state index is 12.4. The Morgan fingerprint density at radius 1 is 1.43 bits per heavy atom. The van der Waals surface area contributed by atoms with Crippen LogP contribution in [0.3, 0.4) is 0 Å². The number of hydrogen-bond acceptors (Lipinski definition) is 4. The van der Waals surface area contributed by atoms with Crippen LogP contribution < -0.4 is 20.9 Å². The van der Waals surface area contributed by atoms with Gasteiger partial charge in [0.15, 0.2) is 0 Å². The molecule has 2 atom stereocenters. The number of halogens is 1. The first-order valence-electron chi connectivity index (χ1n) is 7.58. The Bertz CT molecular complexity index is 625. The minimum Gasteiger partial charge on any atom is -0.391 e. The number of urea groups is 1. The molecular formula is C15H19ClN4O3. The van der Waals surface area contributed by atoms with Crippen molar-refractivity contribution >= 4 is 29.2 Å². The van der Waals surface area contributed by atoms with Crippen molar-refractivity contribution in [3.8, 4) is 0 Å². The van der Waals surface area contributed by atoms with Crippen molar-refractivity contribution in [1.82, 2.24) is 16.0 Å². The second-order valence-electron chi connectivity index (χ2n) is 5.74. The molecule has 2 heterocycles. The normalized spacial score (nSPS) is 23.9. The van der Waals surface area contributed by atoms with E-state index in [1.165, 1.54) is 0 Å². The number of rotatable bonds is 4. The number of nitrogens with one attached hydrogen (secondary N) is 3. The monoisotopic (exact) mass is 338 g/mol. The minimum atomic E-state index is -0.453. The summed E-state index contributed by atoms with van der Waals surface area (Å²) < 4.78 is 0. The molecule has 1 aromatic carbocycles. The molecule has 1 aromatic rings. The van der Waals surface area contributed by atoms with Crippen LogP contribution in [0.25, 0.3) is 0 Å². The van der Waals surface area contributed by atoms with Gasteiger partial charge in [0.1, 0.15) is 0 Å². The third-order valence-electron chi connectivity index (χ3n) is 4.19. The van der Waals surface area contributed by atoms with Crippen LogP contribution in [0.15, 0.2) is 18.2 Å². The largest absolute Gasteiger partial charge is 0.391 e. The smallest absolute Gasteiger partial charge is 0.321 e. The number of carbonyl (C=O) groups excluding carboxylic acids is 2. The molecular weight excluding hydrogens is 320 g/mol. The van der Waals surface area contributed by atoms with E-state index >= 15 is 0 Å². The Labute approximate surface area is 139 Å². The molecule has 8 heteroatoms. The Hall–Kier alpha value is -1.83. The van der Waals surface area contributed by atoms with Gasteiger partial charge in [0.2, 0.25) is 0 Å². The van der Waals surface area contributed by atoms with Gasteiger partial charge in [-0.05, 0) is 18.2 Å². The molecule has 0 aromatic heterocycles. The van der Waals surface area contributed by atoms with Gasteiger partial charge in [0.05, 0.1) is 16.7 Å². The van der Waals surface area contributed by atoms with Crippen molar-refractivity contribution in [2.24, 2.45) is 5.92 Å². The molecule has 4 N–H and O–H groups in total. The minimum absolute atomic E-state index is 0.00901. The third-order valence-corrected chi connectivity index (χ3v) is 4.52. The van der Waals surface area contributed by atoms with Crippen molar-refractivity contribution in [3.05, 3.63) is 28.8 Å². The van der Waals surface area contributed by atoms with Crippen molar-refractivity contribution < 1.29 is 14.7 Å². The predicted octanol–water partition coefficient (Wildman–Crippen LogP) is 0.180. The van der Waals surface area contributed by atoms with Gasteiger partial charge in [-0.2, -0.15) is 0 Å². The lowest BCUT2D eigenvalue weighted by atomic mass is 10.1. The van der Waals surface area contributed by atoms with Crippen LogP contribution >= 0.6 is 11.6 Å². The SMILES string of the molecule is O=C(NCC1CNCC1O)c1cc(N2CCNC2=O)ccc1Cl. The summed E-state index contributed by atoms with van der Waals surface area (Å²) in [6, 6.07) is 4.77. The summed E-state index contributed by atoms with van der Waals surface area (Å²) in [4.78, 5) is 25.7. The van der Waals surface area contributed by atoms with Gasteiger partial charge in [-0.1, -0.05) is 11.6 Å². The number of amides is 3. The van der Waals surface area contributed by atoms with Crippen LogP contribution in [0.1, 0.15) is 10.4 Å². The second-order valence-corrected chi connectivity index (χ2v) is 6.15. The van der Waals surface area contributed by atoms with Gasteiger partial charge in [-0.3, -0.25) is 9.69 Å². The molecule has 23 heavy (non-hydrogen) atoms. The highest BCUT2D eigenvalue weighted by Gasteiger charge is 2.26. The fourth-order valence-corrected chi connectivity index (χ4v) is 3.02. The highest BCUT2D eigenvalue weighted by molar-refractivity contribution is 6.34. The van der Waals surface area contributed by atoms with E-state index < -0.39 is 6.10 Å². The number of benzene rings is 1.